The van der Waals surface area contributed by atoms with Crippen molar-refractivity contribution < 1.29 is 19.0 Å². The van der Waals surface area contributed by atoms with Crippen molar-refractivity contribution in [2.75, 3.05) is 32.3 Å². The quantitative estimate of drug-likeness (QED) is 0.768. The number of halogens is 1. The van der Waals surface area contributed by atoms with Gasteiger partial charge >= 0.3 is 0 Å². The third kappa shape index (κ3) is 3.59. The van der Waals surface area contributed by atoms with Gasteiger partial charge in [0.25, 0.3) is 0 Å². The number of likely N-dealkylation sites (tertiary alicyclic amines) is 1. The van der Waals surface area contributed by atoms with Crippen LogP contribution in [0.15, 0.2) is 36.4 Å². The normalized spacial score (nSPS) is 21.5. The van der Waals surface area contributed by atoms with Gasteiger partial charge in [-0.3, -0.25) is 9.69 Å². The number of piperidine rings is 1. The van der Waals surface area contributed by atoms with E-state index in [1.165, 1.54) is 0 Å². The molecule has 5 rings (SSSR count). The molecule has 2 aromatic rings. The first-order valence-electron chi connectivity index (χ1n) is 10.3. The molecule has 30 heavy (non-hydrogen) atoms. The van der Waals surface area contributed by atoms with Crippen molar-refractivity contribution in [3.05, 3.63) is 47.0 Å². The van der Waals surface area contributed by atoms with Crippen LogP contribution in [-0.4, -0.2) is 37.8 Å². The molecule has 1 atom stereocenters. The summed E-state index contributed by atoms with van der Waals surface area (Å²) in [6, 6.07) is 11.4. The lowest BCUT2D eigenvalue weighted by Crippen LogP contribution is -2.35. The standard InChI is InChI=1S/C23H25ClN2O4/c1-28-19-5-3-2-4-18(19)25-22(27)16-12-23(16)6-8-26(9-7-23)13-15-10-20-21(11-17(15)24)30-14-29-20/h2-5,10-11,16H,6-9,12-14H2,1H3,(H,25,27). The smallest absolute Gasteiger partial charge is 0.231 e. The number of hydrogen-bond acceptors (Lipinski definition) is 5. The second-order valence-corrected chi connectivity index (χ2v) is 8.79. The number of carbonyl (C=O) groups is 1. The van der Waals surface area contributed by atoms with E-state index in [9.17, 15) is 4.79 Å². The zero-order valence-corrected chi connectivity index (χ0v) is 17.7. The highest BCUT2D eigenvalue weighted by Crippen LogP contribution is 2.60. The minimum atomic E-state index is 0.0821. The summed E-state index contributed by atoms with van der Waals surface area (Å²) in [5, 5.41) is 3.76. The van der Waals surface area contributed by atoms with Crippen LogP contribution in [0.4, 0.5) is 5.69 Å². The Kier molecular flexibility index (Phi) is 4.99. The van der Waals surface area contributed by atoms with Crippen LogP contribution in [-0.2, 0) is 11.3 Å². The number of benzene rings is 2. The van der Waals surface area contributed by atoms with E-state index in [0.29, 0.717) is 16.5 Å². The third-order valence-electron chi connectivity index (χ3n) is 6.66. The van der Waals surface area contributed by atoms with E-state index in [1.807, 2.05) is 36.4 Å². The van der Waals surface area contributed by atoms with Gasteiger partial charge in [-0.25, -0.2) is 0 Å². The maximum absolute atomic E-state index is 12.8. The molecule has 3 aliphatic rings. The van der Waals surface area contributed by atoms with Crippen LogP contribution in [0.25, 0.3) is 0 Å². The Morgan fingerprint density at radius 3 is 2.73 bits per heavy atom. The summed E-state index contributed by atoms with van der Waals surface area (Å²) < 4.78 is 16.2. The molecule has 2 aromatic carbocycles. The summed E-state index contributed by atoms with van der Waals surface area (Å²) in [5.74, 6) is 2.35. The fourth-order valence-electron chi connectivity index (χ4n) is 4.72. The van der Waals surface area contributed by atoms with E-state index < -0.39 is 0 Å². The molecule has 1 saturated heterocycles. The van der Waals surface area contributed by atoms with E-state index in [1.54, 1.807) is 7.11 Å². The molecule has 1 spiro atoms. The second kappa shape index (κ2) is 7.67. The molecular weight excluding hydrogens is 404 g/mol. The minimum Gasteiger partial charge on any atom is -0.495 e. The van der Waals surface area contributed by atoms with Crippen molar-refractivity contribution in [1.29, 1.82) is 0 Å². The fraction of sp³-hybridized carbons (Fsp3) is 0.435. The van der Waals surface area contributed by atoms with Gasteiger partial charge in [-0.15, -0.1) is 0 Å². The zero-order valence-electron chi connectivity index (χ0n) is 16.9. The first-order chi connectivity index (χ1) is 14.6. The van der Waals surface area contributed by atoms with E-state index in [0.717, 1.165) is 55.9 Å². The molecule has 0 bridgehead atoms. The van der Waals surface area contributed by atoms with Crippen LogP contribution < -0.4 is 19.5 Å². The van der Waals surface area contributed by atoms with Crippen LogP contribution in [0.5, 0.6) is 17.2 Å². The van der Waals surface area contributed by atoms with Crippen LogP contribution in [0.2, 0.25) is 5.02 Å². The molecule has 2 heterocycles. The van der Waals surface area contributed by atoms with Crippen molar-refractivity contribution in [2.24, 2.45) is 11.3 Å². The predicted molar refractivity (Wildman–Crippen MR) is 114 cm³/mol. The Morgan fingerprint density at radius 2 is 1.97 bits per heavy atom. The third-order valence-corrected chi connectivity index (χ3v) is 7.01. The Labute approximate surface area is 181 Å². The van der Waals surface area contributed by atoms with Crippen LogP contribution in [0.1, 0.15) is 24.8 Å². The van der Waals surface area contributed by atoms with Crippen molar-refractivity contribution in [2.45, 2.75) is 25.8 Å². The Morgan fingerprint density at radius 1 is 1.23 bits per heavy atom. The lowest BCUT2D eigenvalue weighted by atomic mass is 9.90. The lowest BCUT2D eigenvalue weighted by Gasteiger charge is -2.33. The van der Waals surface area contributed by atoms with Gasteiger partial charge in [-0.2, -0.15) is 0 Å². The number of ether oxygens (including phenoxy) is 3. The van der Waals surface area contributed by atoms with E-state index >= 15 is 0 Å². The highest BCUT2D eigenvalue weighted by atomic mass is 35.5. The summed E-state index contributed by atoms with van der Waals surface area (Å²) in [6.45, 7) is 2.95. The molecule has 158 valence electrons. The molecule has 1 saturated carbocycles. The molecule has 0 radical (unpaired) electrons. The number of fused-ring (bicyclic) bond motifs is 1. The Hall–Kier alpha value is -2.44. The zero-order chi connectivity index (χ0) is 20.7. The second-order valence-electron chi connectivity index (χ2n) is 8.38. The van der Waals surface area contributed by atoms with Crippen LogP contribution >= 0.6 is 11.6 Å². The summed E-state index contributed by atoms with van der Waals surface area (Å²) >= 11 is 6.44. The predicted octanol–water partition coefficient (Wildman–Crippen LogP) is 4.32. The molecule has 1 amide bonds. The monoisotopic (exact) mass is 428 g/mol. The molecule has 1 aliphatic carbocycles. The van der Waals surface area contributed by atoms with Gasteiger partial charge in [0.05, 0.1) is 12.8 Å². The van der Waals surface area contributed by atoms with Crippen molar-refractivity contribution >= 4 is 23.2 Å². The number of para-hydroxylation sites is 2. The van der Waals surface area contributed by atoms with Crippen molar-refractivity contribution in [3.8, 4) is 17.2 Å². The van der Waals surface area contributed by atoms with Crippen molar-refractivity contribution in [1.82, 2.24) is 4.90 Å². The van der Waals surface area contributed by atoms with E-state index in [-0.39, 0.29) is 24.0 Å². The summed E-state index contributed by atoms with van der Waals surface area (Å²) in [5.41, 5.74) is 1.93. The molecule has 6 nitrogen and oxygen atoms in total. The van der Waals surface area contributed by atoms with Gasteiger partial charge in [0.15, 0.2) is 11.5 Å². The minimum absolute atomic E-state index is 0.0821. The largest absolute Gasteiger partial charge is 0.495 e. The van der Waals surface area contributed by atoms with E-state index in [2.05, 4.69) is 10.2 Å². The number of carbonyl (C=O) groups excluding carboxylic acids is 1. The number of amides is 1. The average molecular weight is 429 g/mol. The summed E-state index contributed by atoms with van der Waals surface area (Å²) in [7, 11) is 1.62. The van der Waals surface area contributed by atoms with E-state index in [4.69, 9.17) is 25.8 Å². The number of anilines is 1. The highest BCUT2D eigenvalue weighted by molar-refractivity contribution is 6.31. The summed E-state index contributed by atoms with van der Waals surface area (Å²) in [6.07, 6.45) is 3.02. The highest BCUT2D eigenvalue weighted by Gasteiger charge is 2.58. The van der Waals surface area contributed by atoms with Crippen LogP contribution in [0.3, 0.4) is 0 Å². The Bertz CT molecular complexity index is 972. The summed E-state index contributed by atoms with van der Waals surface area (Å²) in [4.78, 5) is 15.2. The van der Waals surface area contributed by atoms with Crippen molar-refractivity contribution in [3.63, 3.8) is 0 Å². The first kappa shape index (κ1) is 19.5. The van der Waals surface area contributed by atoms with Crippen LogP contribution in [0, 0.1) is 11.3 Å². The van der Waals surface area contributed by atoms with Gasteiger partial charge in [-0.1, -0.05) is 23.7 Å². The Balaban J connectivity index is 1.17. The van der Waals surface area contributed by atoms with Gasteiger partial charge in [0.1, 0.15) is 5.75 Å². The molecule has 2 fully saturated rings. The number of methoxy groups -OCH3 is 1. The number of hydrogen-bond donors (Lipinski definition) is 1. The molecule has 1 N–H and O–H groups in total. The maximum Gasteiger partial charge on any atom is 0.231 e. The molecule has 2 aliphatic heterocycles. The number of nitrogens with one attached hydrogen (secondary N) is 1. The SMILES string of the molecule is COc1ccccc1NC(=O)C1CC12CCN(Cc1cc3c(cc1Cl)OCO3)CC2. The topological polar surface area (TPSA) is 60.0 Å². The lowest BCUT2D eigenvalue weighted by molar-refractivity contribution is -0.118. The fourth-order valence-corrected chi connectivity index (χ4v) is 4.93. The number of rotatable bonds is 5. The van der Waals surface area contributed by atoms with Gasteiger partial charge in [0.2, 0.25) is 12.7 Å². The molecule has 0 aromatic heterocycles. The molecule has 1 unspecified atom stereocenters. The number of nitrogens with zero attached hydrogens (tertiary/aromatic N) is 1. The molecular formula is C23H25ClN2O4. The van der Waals surface area contributed by atoms with Gasteiger partial charge in [-0.05, 0) is 61.5 Å². The van der Waals surface area contributed by atoms with Gasteiger partial charge in [0, 0.05) is 23.6 Å². The van der Waals surface area contributed by atoms with Gasteiger partial charge < -0.3 is 19.5 Å². The average Bonchev–Trinajstić information content (AvgIpc) is 3.27. The first-order valence-corrected chi connectivity index (χ1v) is 10.7. The maximum atomic E-state index is 12.8. The molecule has 7 heteroatoms.